The molecular weight excluding hydrogens is 764 g/mol. The number of nitrogens with zero attached hydrogens (tertiary/aromatic N) is 2. The number of aromatic hydroxyl groups is 1. The van der Waals surface area contributed by atoms with E-state index in [1.807, 2.05) is 0 Å². The third-order valence-electron chi connectivity index (χ3n) is 6.11. The number of hydrogen-bond acceptors (Lipinski definition) is 17. The zero-order valence-corrected chi connectivity index (χ0v) is 29.6. The summed E-state index contributed by atoms with van der Waals surface area (Å²) in [4.78, 5) is 86.7. The maximum absolute atomic E-state index is 12.2. The summed E-state index contributed by atoms with van der Waals surface area (Å²) in [5.74, 6) is -3.81. The molecule has 20 heteroatoms. The van der Waals surface area contributed by atoms with Crippen molar-refractivity contribution in [1.82, 2.24) is 0 Å². The highest BCUT2D eigenvalue weighted by molar-refractivity contribution is 9.09. The normalized spacial score (nSPS) is 10.0. The van der Waals surface area contributed by atoms with Gasteiger partial charge < -0.3 is 38.5 Å². The second-order valence-corrected chi connectivity index (χ2v) is 10.9. The van der Waals surface area contributed by atoms with Gasteiger partial charge in [-0.1, -0.05) is 46.6 Å². The van der Waals surface area contributed by atoms with Gasteiger partial charge in [-0.3, -0.25) is 4.79 Å². The van der Waals surface area contributed by atoms with Gasteiger partial charge in [0.05, 0.1) is 26.4 Å². The van der Waals surface area contributed by atoms with Gasteiger partial charge in [0.15, 0.2) is 13.2 Å². The van der Waals surface area contributed by atoms with Gasteiger partial charge >= 0.3 is 29.8 Å². The Bertz CT molecular complexity index is 1460. The number of hydrogen-bond donors (Lipinski definition) is 1. The fourth-order valence-corrected chi connectivity index (χ4v) is 4.03. The number of rotatable bonds is 24. The predicted octanol–water partition coefficient (Wildman–Crippen LogP) is 4.32. The van der Waals surface area contributed by atoms with Gasteiger partial charge in [-0.2, -0.15) is 0 Å². The molecule has 19 nitrogen and oxygen atoms in total. The molecule has 1 N–H and O–H groups in total. The van der Waals surface area contributed by atoms with Crippen LogP contribution in [-0.4, -0.2) is 90.1 Å². The Morgan fingerprint density at radius 1 is 0.596 bits per heavy atom. The lowest BCUT2D eigenvalue weighted by molar-refractivity contribution is -0.757. The molecule has 0 heterocycles. The van der Waals surface area contributed by atoms with Crippen LogP contribution in [0.2, 0.25) is 0 Å². The highest BCUT2D eigenvalue weighted by Crippen LogP contribution is 2.20. The van der Waals surface area contributed by atoms with Crippen molar-refractivity contribution in [2.45, 2.75) is 51.4 Å². The van der Waals surface area contributed by atoms with Crippen LogP contribution in [0.15, 0.2) is 48.5 Å². The number of phenolic OH excluding ortho intramolecular Hbond substituents is 1. The fourth-order valence-electron chi connectivity index (χ4n) is 3.63. The molecule has 52 heavy (non-hydrogen) atoms. The van der Waals surface area contributed by atoms with Crippen LogP contribution in [0.1, 0.15) is 72.1 Å². The zero-order valence-electron chi connectivity index (χ0n) is 28.0. The van der Waals surface area contributed by atoms with E-state index in [0.29, 0.717) is 32.1 Å². The quantitative estimate of drug-likeness (QED) is 0.0295. The number of halogens is 1. The topological polar surface area (TPSA) is 256 Å². The maximum atomic E-state index is 12.2. The van der Waals surface area contributed by atoms with E-state index in [1.165, 1.54) is 24.3 Å². The Morgan fingerprint density at radius 3 is 1.60 bits per heavy atom. The smallest absolute Gasteiger partial charge is 0.344 e. The van der Waals surface area contributed by atoms with Crippen molar-refractivity contribution in [3.8, 4) is 11.5 Å². The molecule has 0 saturated heterocycles. The van der Waals surface area contributed by atoms with E-state index in [-0.39, 0.29) is 55.5 Å². The summed E-state index contributed by atoms with van der Waals surface area (Å²) in [5.41, 5.74) is -0.0248. The van der Waals surface area contributed by atoms with Gasteiger partial charge in [0, 0.05) is 11.8 Å². The van der Waals surface area contributed by atoms with E-state index in [4.69, 9.17) is 23.7 Å². The summed E-state index contributed by atoms with van der Waals surface area (Å²) in [6.07, 6.45) is 4.19. The molecule has 2 rings (SSSR count). The maximum Gasteiger partial charge on any atom is 0.344 e. The first-order chi connectivity index (χ1) is 24.9. The third kappa shape index (κ3) is 21.5. The van der Waals surface area contributed by atoms with E-state index in [0.717, 1.165) is 18.2 Å². The third-order valence-corrected chi connectivity index (χ3v) is 6.67. The molecule has 0 saturated carbocycles. The molecule has 0 bridgehead atoms. The van der Waals surface area contributed by atoms with Crippen LogP contribution in [0.4, 0.5) is 0 Å². The summed E-state index contributed by atoms with van der Waals surface area (Å²) in [7, 11) is 0. The van der Waals surface area contributed by atoms with E-state index in [1.54, 1.807) is 24.3 Å². The Morgan fingerprint density at radius 2 is 1.08 bits per heavy atom. The van der Waals surface area contributed by atoms with Crippen LogP contribution in [0.5, 0.6) is 11.5 Å². The number of alkyl halides is 1. The molecule has 2 aromatic carbocycles. The SMILES string of the molecule is O=C(COC(=O)c1ccccc1O)OCCCCO[N+](=O)[O-].O=C(COC(=O)c1ccccc1OC(=O)CCCCCBr)OCCCCO[N+](=O)[O-]. The number of phenols is 1. The first-order valence-electron chi connectivity index (χ1n) is 15.8. The Labute approximate surface area is 305 Å². The van der Waals surface area contributed by atoms with Gasteiger partial charge in [0.2, 0.25) is 0 Å². The Balaban J connectivity index is 0.000000545. The van der Waals surface area contributed by atoms with Crippen molar-refractivity contribution in [2.24, 2.45) is 0 Å². The molecule has 2 aromatic rings. The summed E-state index contributed by atoms with van der Waals surface area (Å²) in [5, 5.41) is 28.3. The van der Waals surface area contributed by atoms with Gasteiger partial charge in [0.1, 0.15) is 22.6 Å². The number of para-hydroxylation sites is 2. The lowest BCUT2D eigenvalue weighted by Crippen LogP contribution is -2.18. The second kappa shape index (κ2) is 27.2. The average Bonchev–Trinajstić information content (AvgIpc) is 3.11. The van der Waals surface area contributed by atoms with Crippen LogP contribution in [0.25, 0.3) is 0 Å². The summed E-state index contributed by atoms with van der Waals surface area (Å²) < 4.78 is 24.5. The largest absolute Gasteiger partial charge is 0.507 e. The van der Waals surface area contributed by atoms with Gasteiger partial charge in [0.25, 0.3) is 10.2 Å². The van der Waals surface area contributed by atoms with Crippen LogP contribution >= 0.6 is 15.9 Å². The van der Waals surface area contributed by atoms with Crippen molar-refractivity contribution in [3.63, 3.8) is 0 Å². The number of unbranched alkanes of at least 4 members (excludes halogenated alkanes) is 4. The first kappa shape index (κ1) is 44.5. The van der Waals surface area contributed by atoms with Crippen LogP contribution < -0.4 is 4.74 Å². The number of carbonyl (C=O) groups excluding carboxylic acids is 5. The van der Waals surface area contributed by atoms with Gasteiger partial charge in [-0.25, -0.2) is 19.2 Å². The highest BCUT2D eigenvalue weighted by Gasteiger charge is 2.18. The van der Waals surface area contributed by atoms with Crippen molar-refractivity contribution in [1.29, 1.82) is 0 Å². The molecule has 0 aliphatic heterocycles. The van der Waals surface area contributed by atoms with Crippen molar-refractivity contribution < 1.29 is 72.6 Å². The molecule has 0 unspecified atom stereocenters. The van der Waals surface area contributed by atoms with Crippen LogP contribution in [0.3, 0.4) is 0 Å². The fraction of sp³-hybridized carbons (Fsp3) is 0.469. The van der Waals surface area contributed by atoms with Crippen LogP contribution in [0, 0.1) is 20.2 Å². The van der Waals surface area contributed by atoms with Crippen molar-refractivity contribution in [2.75, 3.05) is 45.0 Å². The number of esters is 5. The number of carbonyl (C=O) groups is 5. The number of ether oxygens (including phenoxy) is 5. The summed E-state index contributed by atoms with van der Waals surface area (Å²) in [6.45, 7) is -1.31. The minimum absolute atomic E-state index is 0.0146. The lowest BCUT2D eigenvalue weighted by atomic mass is 10.2. The molecule has 0 aliphatic carbocycles. The first-order valence-corrected chi connectivity index (χ1v) is 16.9. The van der Waals surface area contributed by atoms with Crippen LogP contribution in [-0.2, 0) is 43.0 Å². The molecule has 0 aliphatic rings. The van der Waals surface area contributed by atoms with E-state index in [9.17, 15) is 49.3 Å². The molecule has 286 valence electrons. The molecule has 0 aromatic heterocycles. The molecular formula is C32H39BrN2O17. The molecule has 0 amide bonds. The standard InChI is InChI=1S/C19H24BrNO9.C13H15NO8/c20-11-5-1-2-10-17(22)30-16-9-4-3-8-15(16)19(24)28-14-18(23)27-12-6-7-13-29-21(25)26;15-11-6-2-1-5-10(11)13(17)21-9-12(16)20-7-3-4-8-22-14(18)19/h3-4,8-9H,1-2,5-7,10-14H2;1-2,5-6,15H,3-4,7-9H2. The van der Waals surface area contributed by atoms with Gasteiger partial charge in [-0.15, -0.1) is 20.2 Å². The zero-order chi connectivity index (χ0) is 38.6. The minimum Gasteiger partial charge on any atom is -0.507 e. The Hall–Kier alpha value is -5.53. The van der Waals surface area contributed by atoms with Crippen molar-refractivity contribution >= 4 is 45.8 Å². The molecule has 0 spiro atoms. The highest BCUT2D eigenvalue weighted by atomic mass is 79.9. The van der Waals surface area contributed by atoms with Crippen molar-refractivity contribution in [3.05, 3.63) is 79.9 Å². The summed E-state index contributed by atoms with van der Waals surface area (Å²) >= 11 is 3.32. The monoisotopic (exact) mass is 802 g/mol. The predicted molar refractivity (Wildman–Crippen MR) is 179 cm³/mol. The summed E-state index contributed by atoms with van der Waals surface area (Å²) in [6, 6.07) is 11.9. The minimum atomic E-state index is -0.898. The van der Waals surface area contributed by atoms with E-state index < -0.39 is 53.2 Å². The number of benzene rings is 2. The van der Waals surface area contributed by atoms with E-state index in [2.05, 4.69) is 25.6 Å². The van der Waals surface area contributed by atoms with E-state index >= 15 is 0 Å². The molecule has 0 radical (unpaired) electrons. The molecule has 0 fully saturated rings. The Kier molecular flexibility index (Phi) is 23.3. The second-order valence-electron chi connectivity index (χ2n) is 10.1. The molecule has 0 atom stereocenters. The van der Waals surface area contributed by atoms with Gasteiger partial charge in [-0.05, 0) is 62.8 Å². The lowest BCUT2D eigenvalue weighted by Gasteiger charge is -2.10. The average molecular weight is 804 g/mol.